The van der Waals surface area contributed by atoms with Crippen molar-refractivity contribution in [3.8, 4) is 5.75 Å². The van der Waals surface area contributed by atoms with Crippen molar-refractivity contribution in [1.29, 1.82) is 0 Å². The van der Waals surface area contributed by atoms with E-state index in [1.807, 2.05) is 24.3 Å². The number of nitrogens with zero attached hydrogens (tertiary/aromatic N) is 2. The van der Waals surface area contributed by atoms with Gasteiger partial charge in [-0.15, -0.1) is 0 Å². The average Bonchev–Trinajstić information content (AvgIpc) is 3.06. The fourth-order valence-electron chi connectivity index (χ4n) is 4.98. The Morgan fingerprint density at radius 3 is 2.58 bits per heavy atom. The first-order valence-electron chi connectivity index (χ1n) is 11.6. The molecule has 1 N–H and O–H groups in total. The number of aliphatic imine (C=N–C) groups is 1. The number of carbonyl (C=O) groups is 2. The van der Waals surface area contributed by atoms with Crippen LogP contribution in [0.5, 0.6) is 5.75 Å². The molecule has 1 spiro atoms. The van der Waals surface area contributed by atoms with Crippen LogP contribution in [0.1, 0.15) is 69.8 Å². The molecule has 4 rings (SSSR count). The normalized spacial score (nSPS) is 20.4. The Bertz CT molecular complexity index is 867. The first kappa shape index (κ1) is 21.6. The lowest BCUT2D eigenvalue weighted by Gasteiger charge is -2.38. The van der Waals surface area contributed by atoms with Crippen molar-refractivity contribution in [3.63, 3.8) is 0 Å². The molecule has 3 aliphatic rings. The van der Waals surface area contributed by atoms with Crippen LogP contribution in [0.2, 0.25) is 0 Å². The molecule has 0 atom stereocenters. The summed E-state index contributed by atoms with van der Waals surface area (Å²) in [5, 5.41) is 3.03. The Morgan fingerprint density at radius 2 is 1.90 bits per heavy atom. The van der Waals surface area contributed by atoms with Crippen molar-refractivity contribution in [2.75, 3.05) is 20.2 Å². The topological polar surface area (TPSA) is 71.0 Å². The molecule has 1 fully saturated rings. The lowest BCUT2D eigenvalue weighted by Crippen LogP contribution is -2.52. The zero-order chi connectivity index (χ0) is 21.7. The molecule has 166 valence electrons. The monoisotopic (exact) mass is 423 g/mol. The van der Waals surface area contributed by atoms with Gasteiger partial charge >= 0.3 is 0 Å². The number of ether oxygens (including phenoxy) is 1. The molecule has 0 unspecified atom stereocenters. The number of hydrogen-bond acceptors (Lipinski definition) is 4. The number of hydrogen-bond donors (Lipinski definition) is 1. The quantitative estimate of drug-likeness (QED) is 0.674. The van der Waals surface area contributed by atoms with Crippen LogP contribution < -0.4 is 10.1 Å². The lowest BCUT2D eigenvalue weighted by molar-refractivity contribution is -0.135. The van der Waals surface area contributed by atoms with Crippen molar-refractivity contribution < 1.29 is 14.3 Å². The van der Waals surface area contributed by atoms with Gasteiger partial charge in [-0.05, 0) is 82.1 Å². The van der Waals surface area contributed by atoms with Gasteiger partial charge in [0.15, 0.2) is 0 Å². The summed E-state index contributed by atoms with van der Waals surface area (Å²) in [6, 6.07) is 7.42. The fourth-order valence-corrected chi connectivity index (χ4v) is 4.98. The molecule has 1 aromatic rings. The summed E-state index contributed by atoms with van der Waals surface area (Å²) in [5.74, 6) is 0.504. The Balaban J connectivity index is 1.44. The maximum atomic E-state index is 13.4. The Labute approximate surface area is 184 Å². The predicted molar refractivity (Wildman–Crippen MR) is 121 cm³/mol. The minimum absolute atomic E-state index is 0.0705. The zero-order valence-electron chi connectivity index (χ0n) is 18.5. The van der Waals surface area contributed by atoms with Gasteiger partial charge in [0.2, 0.25) is 5.91 Å². The maximum absolute atomic E-state index is 13.4. The summed E-state index contributed by atoms with van der Waals surface area (Å²) < 4.78 is 5.23. The highest BCUT2D eigenvalue weighted by Gasteiger charge is 2.48. The molecule has 6 nitrogen and oxygen atoms in total. The van der Waals surface area contributed by atoms with Gasteiger partial charge in [-0.1, -0.05) is 18.1 Å². The molecule has 1 aromatic carbocycles. The number of rotatable bonds is 7. The number of nitrogens with one attached hydrogen (secondary N) is 1. The summed E-state index contributed by atoms with van der Waals surface area (Å²) >= 11 is 0. The number of amides is 2. The van der Waals surface area contributed by atoms with Crippen LogP contribution in [0.15, 0.2) is 40.9 Å². The minimum atomic E-state index is -0.576. The third-order valence-corrected chi connectivity index (χ3v) is 6.74. The fraction of sp³-hybridized carbons (Fsp3) is 0.560. The molecule has 31 heavy (non-hydrogen) atoms. The van der Waals surface area contributed by atoms with Gasteiger partial charge in [-0.25, -0.2) is 0 Å². The van der Waals surface area contributed by atoms with Crippen LogP contribution in [0.25, 0.3) is 0 Å². The van der Waals surface area contributed by atoms with Gasteiger partial charge in [-0.2, -0.15) is 0 Å². The van der Waals surface area contributed by atoms with Crippen LogP contribution in [0.4, 0.5) is 0 Å². The molecule has 1 saturated carbocycles. The van der Waals surface area contributed by atoms with E-state index in [9.17, 15) is 9.59 Å². The van der Waals surface area contributed by atoms with Crippen molar-refractivity contribution >= 4 is 17.5 Å². The minimum Gasteiger partial charge on any atom is -0.497 e. The van der Waals surface area contributed by atoms with Crippen LogP contribution in [0, 0.1) is 0 Å². The number of benzene rings is 1. The molecule has 0 radical (unpaired) electrons. The van der Waals surface area contributed by atoms with E-state index in [4.69, 9.17) is 9.73 Å². The highest BCUT2D eigenvalue weighted by Crippen LogP contribution is 2.39. The summed E-state index contributed by atoms with van der Waals surface area (Å²) in [5.41, 5.74) is 2.11. The first-order chi connectivity index (χ1) is 15.1. The largest absolute Gasteiger partial charge is 0.497 e. The Morgan fingerprint density at radius 1 is 1.13 bits per heavy atom. The van der Waals surface area contributed by atoms with E-state index in [0.717, 1.165) is 62.7 Å². The second-order valence-corrected chi connectivity index (χ2v) is 8.83. The number of carbonyl (C=O) groups excluding carboxylic acids is 2. The highest BCUT2D eigenvalue weighted by molar-refractivity contribution is 6.47. The molecule has 2 aliphatic carbocycles. The van der Waals surface area contributed by atoms with Gasteiger partial charge < -0.3 is 15.0 Å². The van der Waals surface area contributed by atoms with E-state index >= 15 is 0 Å². The van der Waals surface area contributed by atoms with E-state index in [1.54, 1.807) is 12.0 Å². The van der Waals surface area contributed by atoms with Gasteiger partial charge in [-0.3, -0.25) is 14.6 Å². The molecule has 0 saturated heterocycles. The molecule has 2 amide bonds. The SMILES string of the molecule is COc1ccc(C2=NC3(CCCCC3)N(CC(=O)NCCC3=CCCCC3)C2=O)cc1. The van der Waals surface area contributed by atoms with Crippen molar-refractivity contribution in [2.24, 2.45) is 4.99 Å². The van der Waals surface area contributed by atoms with Crippen molar-refractivity contribution in [2.45, 2.75) is 69.9 Å². The third-order valence-electron chi connectivity index (χ3n) is 6.74. The average molecular weight is 424 g/mol. The van der Waals surface area contributed by atoms with E-state index in [2.05, 4.69) is 11.4 Å². The second-order valence-electron chi connectivity index (χ2n) is 8.83. The molecule has 1 aliphatic heterocycles. The first-order valence-corrected chi connectivity index (χ1v) is 11.6. The highest BCUT2D eigenvalue weighted by atomic mass is 16.5. The van der Waals surface area contributed by atoms with Gasteiger partial charge in [0.1, 0.15) is 23.7 Å². The summed E-state index contributed by atoms with van der Waals surface area (Å²) in [6.45, 7) is 0.701. The van der Waals surface area contributed by atoms with Gasteiger partial charge in [0.25, 0.3) is 5.91 Å². The van der Waals surface area contributed by atoms with Crippen LogP contribution in [-0.4, -0.2) is 48.3 Å². The van der Waals surface area contributed by atoms with E-state index in [1.165, 1.54) is 18.4 Å². The number of methoxy groups -OCH3 is 1. The van der Waals surface area contributed by atoms with Gasteiger partial charge in [0, 0.05) is 12.1 Å². The second kappa shape index (κ2) is 9.67. The predicted octanol–water partition coefficient (Wildman–Crippen LogP) is 3.99. The smallest absolute Gasteiger partial charge is 0.275 e. The maximum Gasteiger partial charge on any atom is 0.275 e. The summed E-state index contributed by atoms with van der Waals surface area (Å²) in [6.07, 6.45) is 12.9. The molecule has 1 heterocycles. The summed E-state index contributed by atoms with van der Waals surface area (Å²) in [4.78, 5) is 32.8. The molecule has 0 aromatic heterocycles. The van der Waals surface area contributed by atoms with Gasteiger partial charge in [0.05, 0.1) is 7.11 Å². The van der Waals surface area contributed by atoms with E-state index < -0.39 is 5.66 Å². The molecule has 6 heteroatoms. The molecule has 0 bridgehead atoms. The van der Waals surface area contributed by atoms with Crippen LogP contribution in [0.3, 0.4) is 0 Å². The standard InChI is InChI=1S/C25H33N3O3/c1-31-21-12-10-20(11-13-21)23-24(30)28(25(27-23)15-6-3-7-16-25)18-22(29)26-17-14-19-8-4-2-5-9-19/h8,10-13H,2-7,9,14-18H2,1H3,(H,26,29). The van der Waals surface area contributed by atoms with Crippen molar-refractivity contribution in [3.05, 3.63) is 41.5 Å². The van der Waals surface area contributed by atoms with Crippen LogP contribution in [-0.2, 0) is 9.59 Å². The molecular weight excluding hydrogens is 390 g/mol. The number of allylic oxidation sites excluding steroid dienone is 1. The molecular formula is C25H33N3O3. The zero-order valence-corrected chi connectivity index (χ0v) is 18.5. The lowest BCUT2D eigenvalue weighted by atomic mass is 9.88. The Hall–Kier alpha value is -2.63. The Kier molecular flexibility index (Phi) is 6.73. The van der Waals surface area contributed by atoms with Crippen LogP contribution >= 0.6 is 0 Å². The third kappa shape index (κ3) is 4.83. The summed E-state index contributed by atoms with van der Waals surface area (Å²) in [7, 11) is 1.62. The van der Waals surface area contributed by atoms with E-state index in [0.29, 0.717) is 12.3 Å². The van der Waals surface area contributed by atoms with Crippen molar-refractivity contribution in [1.82, 2.24) is 10.2 Å². The van der Waals surface area contributed by atoms with E-state index in [-0.39, 0.29) is 18.4 Å².